The van der Waals surface area contributed by atoms with Gasteiger partial charge in [0.2, 0.25) is 15.9 Å². The van der Waals surface area contributed by atoms with Gasteiger partial charge in [-0.05, 0) is 31.0 Å². The number of esters is 1. The molecular formula is C18H25N3O6S. The summed E-state index contributed by atoms with van der Waals surface area (Å²) in [5.41, 5.74) is 0.725. The summed E-state index contributed by atoms with van der Waals surface area (Å²) in [5.74, 6) is -0.535. The van der Waals surface area contributed by atoms with Crippen LogP contribution in [0.5, 0.6) is 0 Å². The zero-order valence-electron chi connectivity index (χ0n) is 15.8. The first-order valence-electron chi connectivity index (χ1n) is 9.18. The van der Waals surface area contributed by atoms with Crippen LogP contribution in [0.25, 0.3) is 0 Å². The monoisotopic (exact) mass is 411 g/mol. The van der Waals surface area contributed by atoms with E-state index in [-0.39, 0.29) is 22.3 Å². The Morgan fingerprint density at radius 3 is 2.36 bits per heavy atom. The first-order chi connectivity index (χ1) is 13.3. The number of hydrogen-bond acceptors (Lipinski definition) is 7. The maximum atomic E-state index is 12.7. The highest BCUT2D eigenvalue weighted by atomic mass is 32.2. The van der Waals surface area contributed by atoms with Crippen molar-refractivity contribution in [1.82, 2.24) is 4.90 Å². The van der Waals surface area contributed by atoms with Gasteiger partial charge in [0.05, 0.1) is 36.5 Å². The van der Waals surface area contributed by atoms with E-state index in [1.54, 1.807) is 6.07 Å². The number of ether oxygens (including phenoxy) is 2. The highest BCUT2D eigenvalue weighted by Crippen LogP contribution is 2.29. The minimum absolute atomic E-state index is 0.0559. The summed E-state index contributed by atoms with van der Waals surface area (Å²) < 4.78 is 33.3. The summed E-state index contributed by atoms with van der Waals surface area (Å²) in [4.78, 5) is 28.5. The largest absolute Gasteiger partial charge is 0.465 e. The molecule has 2 aliphatic rings. The Kier molecular flexibility index (Phi) is 6.21. The molecule has 0 radical (unpaired) electrons. The molecule has 0 unspecified atom stereocenters. The minimum atomic E-state index is -3.93. The van der Waals surface area contributed by atoms with Gasteiger partial charge in [-0.3, -0.25) is 4.79 Å². The first kappa shape index (κ1) is 20.6. The molecule has 28 heavy (non-hydrogen) atoms. The minimum Gasteiger partial charge on any atom is -0.465 e. The smallest absolute Gasteiger partial charge is 0.340 e. The number of hydrogen-bond donors (Lipinski definition) is 1. The van der Waals surface area contributed by atoms with Crippen molar-refractivity contribution in [2.75, 3.05) is 51.4 Å². The quantitative estimate of drug-likeness (QED) is 0.703. The van der Waals surface area contributed by atoms with E-state index in [4.69, 9.17) is 14.6 Å². The van der Waals surface area contributed by atoms with Crippen molar-refractivity contribution in [3.63, 3.8) is 0 Å². The van der Waals surface area contributed by atoms with Gasteiger partial charge in [-0.2, -0.15) is 0 Å². The first-order valence-corrected chi connectivity index (χ1v) is 10.7. The number of primary sulfonamides is 1. The highest BCUT2D eigenvalue weighted by Gasteiger charge is 2.31. The van der Waals surface area contributed by atoms with E-state index in [1.165, 1.54) is 19.2 Å². The molecule has 0 saturated carbocycles. The highest BCUT2D eigenvalue weighted by molar-refractivity contribution is 7.89. The van der Waals surface area contributed by atoms with Crippen LogP contribution >= 0.6 is 0 Å². The van der Waals surface area contributed by atoms with Crippen molar-refractivity contribution in [2.45, 2.75) is 17.7 Å². The van der Waals surface area contributed by atoms with Crippen molar-refractivity contribution >= 4 is 27.6 Å². The molecule has 2 N–H and O–H groups in total. The number of sulfonamides is 1. The Morgan fingerprint density at radius 2 is 1.79 bits per heavy atom. The topological polar surface area (TPSA) is 119 Å². The zero-order chi connectivity index (χ0) is 20.3. The molecule has 154 valence electrons. The molecule has 2 aliphatic heterocycles. The molecule has 10 heteroatoms. The number of piperidine rings is 1. The molecular weight excluding hydrogens is 386 g/mol. The molecule has 2 heterocycles. The Hall–Kier alpha value is -2.17. The van der Waals surface area contributed by atoms with Crippen LogP contribution < -0.4 is 10.0 Å². The third-order valence-electron chi connectivity index (χ3n) is 5.21. The van der Waals surface area contributed by atoms with E-state index < -0.39 is 16.0 Å². The molecule has 1 amide bonds. The van der Waals surface area contributed by atoms with Crippen LogP contribution in [0, 0.1) is 5.92 Å². The summed E-state index contributed by atoms with van der Waals surface area (Å²) in [6.07, 6.45) is 1.32. The molecule has 0 bridgehead atoms. The van der Waals surface area contributed by atoms with E-state index in [0.29, 0.717) is 57.9 Å². The van der Waals surface area contributed by atoms with Gasteiger partial charge in [0, 0.05) is 32.1 Å². The Bertz CT molecular complexity index is 843. The Labute approximate surface area is 164 Å². The lowest BCUT2D eigenvalue weighted by Gasteiger charge is -2.37. The molecule has 0 spiro atoms. The van der Waals surface area contributed by atoms with Gasteiger partial charge in [-0.15, -0.1) is 0 Å². The number of anilines is 1. The number of nitrogens with zero attached hydrogens (tertiary/aromatic N) is 2. The average Bonchev–Trinajstić information content (AvgIpc) is 2.72. The zero-order valence-corrected chi connectivity index (χ0v) is 16.6. The SMILES string of the molecule is COC(=O)c1cc(S(N)(=O)=O)ccc1N1CCC(C(=O)N2CCOCC2)CC1. The maximum absolute atomic E-state index is 12.7. The van der Waals surface area contributed by atoms with Gasteiger partial charge >= 0.3 is 5.97 Å². The third-order valence-corrected chi connectivity index (χ3v) is 6.12. The van der Waals surface area contributed by atoms with E-state index in [0.717, 1.165) is 0 Å². The second-order valence-electron chi connectivity index (χ2n) is 6.91. The molecule has 9 nitrogen and oxygen atoms in total. The van der Waals surface area contributed by atoms with Gasteiger partial charge in [-0.25, -0.2) is 18.4 Å². The molecule has 1 aromatic rings. The van der Waals surface area contributed by atoms with Crippen LogP contribution in [0.1, 0.15) is 23.2 Å². The van der Waals surface area contributed by atoms with Gasteiger partial charge in [-0.1, -0.05) is 0 Å². The Balaban J connectivity index is 1.74. The number of methoxy groups -OCH3 is 1. The number of carbonyl (C=O) groups excluding carboxylic acids is 2. The van der Waals surface area contributed by atoms with E-state index in [2.05, 4.69) is 0 Å². The van der Waals surface area contributed by atoms with Crippen molar-refractivity contribution in [3.8, 4) is 0 Å². The standard InChI is InChI=1S/C18H25N3O6S/c1-26-18(23)15-12-14(28(19,24)25)2-3-16(15)20-6-4-13(5-7-20)17(22)21-8-10-27-11-9-21/h2-3,12-13H,4-11H2,1H3,(H2,19,24,25). The van der Waals surface area contributed by atoms with Crippen molar-refractivity contribution in [2.24, 2.45) is 11.1 Å². The van der Waals surface area contributed by atoms with Crippen molar-refractivity contribution < 1.29 is 27.5 Å². The number of benzene rings is 1. The van der Waals surface area contributed by atoms with Crippen LogP contribution in [0.2, 0.25) is 0 Å². The van der Waals surface area contributed by atoms with Crippen LogP contribution in [0.3, 0.4) is 0 Å². The molecule has 0 atom stereocenters. The summed E-state index contributed by atoms with van der Waals surface area (Å²) in [7, 11) is -2.69. The summed E-state index contributed by atoms with van der Waals surface area (Å²) in [5, 5.41) is 5.17. The number of carbonyl (C=O) groups is 2. The molecule has 2 fully saturated rings. The average molecular weight is 411 g/mol. The van der Waals surface area contributed by atoms with Crippen LogP contribution in [0.15, 0.2) is 23.1 Å². The fourth-order valence-corrected chi connectivity index (χ4v) is 4.19. The lowest BCUT2D eigenvalue weighted by molar-refractivity contribution is -0.140. The molecule has 0 aliphatic carbocycles. The molecule has 0 aromatic heterocycles. The Morgan fingerprint density at radius 1 is 1.14 bits per heavy atom. The molecule has 2 saturated heterocycles. The van der Waals surface area contributed by atoms with E-state index in [9.17, 15) is 18.0 Å². The van der Waals surface area contributed by atoms with Gasteiger partial charge in [0.15, 0.2) is 0 Å². The third kappa shape index (κ3) is 4.45. The number of amides is 1. The summed E-state index contributed by atoms with van der Waals surface area (Å²) in [6, 6.07) is 4.18. The summed E-state index contributed by atoms with van der Waals surface area (Å²) in [6.45, 7) is 3.56. The van der Waals surface area contributed by atoms with Gasteiger partial charge < -0.3 is 19.3 Å². The van der Waals surface area contributed by atoms with Crippen LogP contribution in [0.4, 0.5) is 5.69 Å². The molecule has 1 aromatic carbocycles. The second kappa shape index (κ2) is 8.46. The van der Waals surface area contributed by atoms with E-state index in [1.807, 2.05) is 9.80 Å². The second-order valence-corrected chi connectivity index (χ2v) is 8.48. The lowest BCUT2D eigenvalue weighted by atomic mass is 9.94. The van der Waals surface area contributed by atoms with Crippen LogP contribution in [-0.4, -0.2) is 71.7 Å². The van der Waals surface area contributed by atoms with Crippen LogP contribution in [-0.2, 0) is 24.3 Å². The predicted molar refractivity (Wildman–Crippen MR) is 101 cm³/mol. The fraction of sp³-hybridized carbons (Fsp3) is 0.556. The van der Waals surface area contributed by atoms with Gasteiger partial charge in [0.1, 0.15) is 0 Å². The predicted octanol–water partition coefficient (Wildman–Crippen LogP) is 0.196. The summed E-state index contributed by atoms with van der Waals surface area (Å²) >= 11 is 0. The normalized spacial score (nSPS) is 18.8. The number of morpholine rings is 1. The number of nitrogens with two attached hydrogens (primary N) is 1. The number of rotatable bonds is 4. The lowest BCUT2D eigenvalue weighted by Crippen LogP contribution is -2.47. The maximum Gasteiger partial charge on any atom is 0.340 e. The van der Waals surface area contributed by atoms with E-state index >= 15 is 0 Å². The van der Waals surface area contributed by atoms with Gasteiger partial charge in [0.25, 0.3) is 0 Å². The fourth-order valence-electron chi connectivity index (χ4n) is 3.65. The van der Waals surface area contributed by atoms with Crippen molar-refractivity contribution in [3.05, 3.63) is 23.8 Å². The molecule has 3 rings (SSSR count). The van der Waals surface area contributed by atoms with Crippen molar-refractivity contribution in [1.29, 1.82) is 0 Å².